The van der Waals surface area contributed by atoms with Gasteiger partial charge in [-0.1, -0.05) is 38.1 Å². The van der Waals surface area contributed by atoms with Crippen molar-refractivity contribution < 1.29 is 24.1 Å². The molecule has 2 heterocycles. The van der Waals surface area contributed by atoms with E-state index >= 15 is 0 Å². The minimum atomic E-state index is -0.852. The number of carboxylic acids is 1. The molecular formula is C27H34O5. The lowest BCUT2D eigenvalue weighted by Gasteiger charge is -2.51. The fourth-order valence-electron chi connectivity index (χ4n) is 5.02. The monoisotopic (exact) mass is 438 g/mol. The van der Waals surface area contributed by atoms with E-state index < -0.39 is 23.6 Å². The molecule has 0 unspecified atom stereocenters. The number of carbonyl (C=O) groups is 1. The summed E-state index contributed by atoms with van der Waals surface area (Å²) in [4.78, 5) is 12.2. The first kappa shape index (κ1) is 22.7. The third-order valence-electron chi connectivity index (χ3n) is 7.08. The Labute approximate surface area is 190 Å². The maximum atomic E-state index is 12.2. The summed E-state index contributed by atoms with van der Waals surface area (Å²) in [6.07, 6.45) is -0.276. The highest BCUT2D eigenvalue weighted by Crippen LogP contribution is 2.53. The van der Waals surface area contributed by atoms with E-state index in [0.717, 1.165) is 28.2 Å². The van der Waals surface area contributed by atoms with Crippen LogP contribution < -0.4 is 9.47 Å². The van der Waals surface area contributed by atoms with Crippen molar-refractivity contribution in [3.8, 4) is 11.5 Å². The minimum Gasteiger partial charge on any atom is -0.491 e. The first-order valence-electron chi connectivity index (χ1n) is 11.5. The second kappa shape index (κ2) is 8.43. The van der Waals surface area contributed by atoms with Gasteiger partial charge in [-0.25, -0.2) is 0 Å². The second-order valence-corrected chi connectivity index (χ2v) is 10.1. The predicted octanol–water partition coefficient (Wildman–Crippen LogP) is 5.82. The van der Waals surface area contributed by atoms with Gasteiger partial charge in [0.25, 0.3) is 0 Å². The zero-order chi connectivity index (χ0) is 23.2. The molecule has 172 valence electrons. The molecule has 2 aromatic rings. The van der Waals surface area contributed by atoms with Crippen LogP contribution in [0, 0.1) is 25.7 Å². The molecule has 5 nitrogen and oxygen atoms in total. The van der Waals surface area contributed by atoms with E-state index in [0.29, 0.717) is 12.3 Å². The van der Waals surface area contributed by atoms with Crippen molar-refractivity contribution in [2.45, 2.75) is 71.7 Å². The molecule has 2 aliphatic rings. The second-order valence-electron chi connectivity index (χ2n) is 10.1. The zero-order valence-electron chi connectivity index (χ0n) is 19.8. The summed E-state index contributed by atoms with van der Waals surface area (Å²) in [5.74, 6) is 0.481. The zero-order valence-corrected chi connectivity index (χ0v) is 19.8. The van der Waals surface area contributed by atoms with Gasteiger partial charge in [0.15, 0.2) is 0 Å². The van der Waals surface area contributed by atoms with Crippen LogP contribution in [0.5, 0.6) is 11.5 Å². The van der Waals surface area contributed by atoms with Crippen LogP contribution in [0.4, 0.5) is 0 Å². The van der Waals surface area contributed by atoms with Gasteiger partial charge in [0.1, 0.15) is 29.8 Å². The number of benzene rings is 2. The quantitative estimate of drug-likeness (QED) is 0.637. The molecular weight excluding hydrogens is 404 g/mol. The van der Waals surface area contributed by atoms with Gasteiger partial charge < -0.3 is 19.3 Å². The molecule has 0 bridgehead atoms. The van der Waals surface area contributed by atoms with Gasteiger partial charge >= 0.3 is 5.97 Å². The Hall–Kier alpha value is -2.53. The highest BCUT2D eigenvalue weighted by atomic mass is 16.6. The van der Waals surface area contributed by atoms with Crippen molar-refractivity contribution in [2.75, 3.05) is 6.61 Å². The van der Waals surface area contributed by atoms with E-state index in [4.69, 9.17) is 14.2 Å². The molecule has 0 aliphatic carbocycles. The molecule has 0 amide bonds. The van der Waals surface area contributed by atoms with E-state index in [1.54, 1.807) is 0 Å². The molecule has 0 aromatic heterocycles. The fourth-order valence-corrected chi connectivity index (χ4v) is 5.02. The molecule has 5 heteroatoms. The summed E-state index contributed by atoms with van der Waals surface area (Å²) >= 11 is 0. The Morgan fingerprint density at radius 2 is 1.78 bits per heavy atom. The lowest BCUT2D eigenvalue weighted by molar-refractivity contribution is -0.192. The predicted molar refractivity (Wildman–Crippen MR) is 123 cm³/mol. The third-order valence-corrected chi connectivity index (χ3v) is 7.08. The van der Waals surface area contributed by atoms with Crippen LogP contribution in [0.2, 0.25) is 0 Å². The Morgan fingerprint density at radius 1 is 1.12 bits per heavy atom. The average molecular weight is 439 g/mol. The average Bonchev–Trinajstić information content (AvgIpc) is 2.74. The van der Waals surface area contributed by atoms with Crippen molar-refractivity contribution in [2.24, 2.45) is 11.8 Å². The van der Waals surface area contributed by atoms with Crippen LogP contribution in [0.25, 0.3) is 0 Å². The van der Waals surface area contributed by atoms with Crippen LogP contribution in [0.1, 0.15) is 68.4 Å². The number of rotatable bonds is 5. The number of aryl methyl sites for hydroxylation is 2. The van der Waals surface area contributed by atoms with Gasteiger partial charge in [-0.3, -0.25) is 4.79 Å². The van der Waals surface area contributed by atoms with Crippen LogP contribution in [-0.4, -0.2) is 29.4 Å². The van der Waals surface area contributed by atoms with Gasteiger partial charge in [0.2, 0.25) is 0 Å². The summed E-state index contributed by atoms with van der Waals surface area (Å²) in [5, 5.41) is 9.98. The Morgan fingerprint density at radius 3 is 2.41 bits per heavy atom. The van der Waals surface area contributed by atoms with E-state index in [1.165, 1.54) is 5.56 Å². The van der Waals surface area contributed by atoms with Crippen LogP contribution >= 0.6 is 0 Å². The minimum absolute atomic E-state index is 0.0572. The highest BCUT2D eigenvalue weighted by Gasteiger charge is 2.53. The van der Waals surface area contributed by atoms with Crippen molar-refractivity contribution in [1.29, 1.82) is 0 Å². The molecule has 1 N–H and O–H groups in total. The molecule has 1 fully saturated rings. The number of carboxylic acid groups (broad SMARTS) is 1. The summed E-state index contributed by atoms with van der Waals surface area (Å²) in [6.45, 7) is 12.7. The normalized spacial score (nSPS) is 26.1. The number of fused-ring (bicyclic) bond motifs is 3. The van der Waals surface area contributed by atoms with Gasteiger partial charge in [0, 0.05) is 11.5 Å². The first-order valence-corrected chi connectivity index (χ1v) is 11.5. The summed E-state index contributed by atoms with van der Waals surface area (Å²) in [5.41, 5.74) is 3.93. The molecule has 2 aromatic carbocycles. The number of hydrogen-bond acceptors (Lipinski definition) is 4. The van der Waals surface area contributed by atoms with Gasteiger partial charge in [0.05, 0.1) is 12.0 Å². The van der Waals surface area contributed by atoms with Crippen LogP contribution in [-0.2, 0) is 9.53 Å². The van der Waals surface area contributed by atoms with Crippen molar-refractivity contribution in [1.82, 2.24) is 0 Å². The Balaban J connectivity index is 1.61. The van der Waals surface area contributed by atoms with Crippen molar-refractivity contribution >= 4 is 5.97 Å². The largest absolute Gasteiger partial charge is 0.491 e. The molecule has 0 saturated carbocycles. The van der Waals surface area contributed by atoms with E-state index in [9.17, 15) is 9.90 Å². The van der Waals surface area contributed by atoms with Crippen molar-refractivity contribution in [3.63, 3.8) is 0 Å². The third kappa shape index (κ3) is 4.11. The number of hydrogen-bond donors (Lipinski definition) is 1. The van der Waals surface area contributed by atoms with Gasteiger partial charge in [-0.15, -0.1) is 0 Å². The first-order chi connectivity index (χ1) is 15.1. The van der Waals surface area contributed by atoms with Gasteiger partial charge in [-0.05, 0) is 68.9 Å². The Bertz CT molecular complexity index is 992. The van der Waals surface area contributed by atoms with Crippen LogP contribution in [0.3, 0.4) is 0 Å². The molecule has 32 heavy (non-hydrogen) atoms. The number of ether oxygens (including phenoxy) is 3. The van der Waals surface area contributed by atoms with Crippen molar-refractivity contribution in [3.05, 3.63) is 58.7 Å². The van der Waals surface area contributed by atoms with E-state index in [2.05, 4.69) is 45.0 Å². The highest BCUT2D eigenvalue weighted by molar-refractivity contribution is 5.71. The van der Waals surface area contributed by atoms with E-state index in [-0.39, 0.29) is 18.6 Å². The standard InChI is InChI=1S/C27H34O5/c1-15(2)18-9-11-19(12-10-18)30-14-22-20(26(28)29)13-21-25(31-22)23-16(3)7-8-17(4)24(23)32-27(21,5)6/h7-12,15,20-22,25H,13-14H2,1-6H3,(H,28,29)/t20-,21-,22-,25-/m0/s1. The lowest BCUT2D eigenvalue weighted by Crippen LogP contribution is -2.53. The molecule has 4 atom stereocenters. The smallest absolute Gasteiger partial charge is 0.309 e. The summed E-state index contributed by atoms with van der Waals surface area (Å²) < 4.78 is 19.0. The fraction of sp³-hybridized carbons (Fsp3) is 0.519. The van der Waals surface area contributed by atoms with Gasteiger partial charge in [-0.2, -0.15) is 0 Å². The maximum absolute atomic E-state index is 12.2. The Kier molecular flexibility index (Phi) is 5.97. The molecule has 2 aliphatic heterocycles. The summed E-state index contributed by atoms with van der Waals surface area (Å²) in [7, 11) is 0. The molecule has 1 saturated heterocycles. The maximum Gasteiger partial charge on any atom is 0.309 e. The number of aliphatic carboxylic acids is 1. The van der Waals surface area contributed by atoms with Crippen LogP contribution in [0.15, 0.2) is 36.4 Å². The molecule has 0 radical (unpaired) electrons. The SMILES string of the molecule is Cc1ccc(C)c2c1OC(C)(C)[C@H]1C[C@H](C(=O)O)[C@H](COc3ccc(C(C)C)cc3)O[C@H]21. The topological polar surface area (TPSA) is 65.0 Å². The van der Waals surface area contributed by atoms with E-state index in [1.807, 2.05) is 32.9 Å². The molecule has 4 rings (SSSR count). The molecule has 0 spiro atoms. The lowest BCUT2D eigenvalue weighted by atomic mass is 9.71. The summed E-state index contributed by atoms with van der Waals surface area (Å²) in [6, 6.07) is 12.1.